The van der Waals surface area contributed by atoms with Crippen molar-refractivity contribution in [3.63, 3.8) is 0 Å². The van der Waals surface area contributed by atoms with Crippen molar-refractivity contribution in [2.45, 2.75) is 13.0 Å². The predicted molar refractivity (Wildman–Crippen MR) is 102 cm³/mol. The number of aromatic amines is 1. The van der Waals surface area contributed by atoms with Gasteiger partial charge in [-0.15, -0.1) is 11.3 Å². The third kappa shape index (κ3) is 2.20. The highest BCUT2D eigenvalue weighted by molar-refractivity contribution is 7.17. The second-order valence-corrected chi connectivity index (χ2v) is 7.33. The number of pyridine rings is 1. The zero-order valence-electron chi connectivity index (χ0n) is 13.4. The largest absolute Gasteiger partial charge is 0.507 e. The van der Waals surface area contributed by atoms with E-state index >= 15 is 0 Å². The van der Waals surface area contributed by atoms with Crippen LogP contribution in [0.25, 0.3) is 32.1 Å². The second-order valence-electron chi connectivity index (χ2n) is 6.41. The van der Waals surface area contributed by atoms with Gasteiger partial charge in [-0.3, -0.25) is 4.79 Å². The molecule has 0 amide bonds. The van der Waals surface area contributed by atoms with Crippen LogP contribution in [0.2, 0.25) is 0 Å². The van der Waals surface area contributed by atoms with Crippen molar-refractivity contribution in [2.24, 2.45) is 0 Å². The highest BCUT2D eigenvalue weighted by Crippen LogP contribution is 2.40. The summed E-state index contributed by atoms with van der Waals surface area (Å²) in [6.07, 6.45) is 1.03. The van der Waals surface area contributed by atoms with E-state index in [4.69, 9.17) is 0 Å². The Balaban J connectivity index is 1.88. The number of fused-ring (bicyclic) bond motifs is 4. The number of aromatic hydroxyl groups is 1. The molecular formula is C20H16N2O2S. The quantitative estimate of drug-likeness (QED) is 0.491. The number of rotatable bonds is 1. The molecule has 5 rings (SSSR count). The van der Waals surface area contributed by atoms with Crippen molar-refractivity contribution in [3.05, 3.63) is 63.3 Å². The smallest absolute Gasteiger partial charge is 0.266 e. The molecule has 0 saturated heterocycles. The number of phenols is 1. The number of hydrogen-bond donors (Lipinski definition) is 3. The molecule has 3 N–H and O–H groups in total. The maximum absolute atomic E-state index is 12.3. The Bertz CT molecular complexity index is 1190. The molecule has 0 unspecified atom stereocenters. The summed E-state index contributed by atoms with van der Waals surface area (Å²) in [4.78, 5) is 15.2. The molecule has 1 aliphatic rings. The van der Waals surface area contributed by atoms with Gasteiger partial charge in [-0.05, 0) is 59.3 Å². The maximum Gasteiger partial charge on any atom is 0.266 e. The van der Waals surface area contributed by atoms with E-state index < -0.39 is 0 Å². The summed E-state index contributed by atoms with van der Waals surface area (Å²) in [5.41, 5.74) is 5.06. The van der Waals surface area contributed by atoms with Crippen LogP contribution in [0, 0.1) is 0 Å². The van der Waals surface area contributed by atoms with Crippen LogP contribution in [-0.2, 0) is 13.0 Å². The molecule has 2 aromatic carbocycles. The molecule has 25 heavy (non-hydrogen) atoms. The minimum Gasteiger partial charge on any atom is -0.507 e. The lowest BCUT2D eigenvalue weighted by atomic mass is 9.92. The van der Waals surface area contributed by atoms with Crippen molar-refractivity contribution in [1.29, 1.82) is 0 Å². The number of aromatic nitrogens is 1. The highest BCUT2D eigenvalue weighted by atomic mass is 32.1. The van der Waals surface area contributed by atoms with Gasteiger partial charge in [0.05, 0.1) is 0 Å². The molecule has 3 heterocycles. The van der Waals surface area contributed by atoms with Crippen LogP contribution < -0.4 is 10.9 Å². The van der Waals surface area contributed by atoms with Crippen molar-refractivity contribution in [2.75, 3.05) is 6.54 Å². The first kappa shape index (κ1) is 14.7. The minimum absolute atomic E-state index is 0.0798. The van der Waals surface area contributed by atoms with Crippen molar-refractivity contribution < 1.29 is 5.11 Å². The molecule has 4 nitrogen and oxygen atoms in total. The third-order valence-corrected chi connectivity index (χ3v) is 5.87. The summed E-state index contributed by atoms with van der Waals surface area (Å²) in [6, 6.07) is 11.8. The fourth-order valence-corrected chi connectivity index (χ4v) is 4.56. The Kier molecular flexibility index (Phi) is 3.20. The fourth-order valence-electron chi connectivity index (χ4n) is 3.76. The van der Waals surface area contributed by atoms with Gasteiger partial charge in [-0.25, -0.2) is 0 Å². The molecule has 2 aromatic heterocycles. The second kappa shape index (κ2) is 5.44. The average molecular weight is 348 g/mol. The Morgan fingerprint density at radius 1 is 1.08 bits per heavy atom. The highest BCUT2D eigenvalue weighted by Gasteiger charge is 2.17. The molecule has 0 atom stereocenters. The van der Waals surface area contributed by atoms with E-state index in [1.807, 2.05) is 11.4 Å². The van der Waals surface area contributed by atoms with Gasteiger partial charge in [0.25, 0.3) is 5.56 Å². The van der Waals surface area contributed by atoms with Gasteiger partial charge < -0.3 is 15.4 Å². The van der Waals surface area contributed by atoms with Gasteiger partial charge >= 0.3 is 0 Å². The molecular weight excluding hydrogens is 332 g/mol. The van der Waals surface area contributed by atoms with Crippen LogP contribution in [0.5, 0.6) is 5.75 Å². The van der Waals surface area contributed by atoms with E-state index in [1.54, 1.807) is 12.1 Å². The molecule has 0 saturated carbocycles. The zero-order valence-corrected chi connectivity index (χ0v) is 14.2. The Morgan fingerprint density at radius 2 is 2.00 bits per heavy atom. The molecule has 4 aromatic rings. The van der Waals surface area contributed by atoms with Crippen LogP contribution in [0.4, 0.5) is 0 Å². The average Bonchev–Trinajstić information content (AvgIpc) is 3.12. The fraction of sp³-hybridized carbons (Fsp3) is 0.150. The van der Waals surface area contributed by atoms with E-state index in [0.29, 0.717) is 4.70 Å². The molecule has 0 bridgehead atoms. The first-order chi connectivity index (χ1) is 12.2. The van der Waals surface area contributed by atoms with E-state index in [2.05, 4.69) is 28.5 Å². The summed E-state index contributed by atoms with van der Waals surface area (Å²) >= 11 is 1.43. The van der Waals surface area contributed by atoms with Crippen LogP contribution in [0.1, 0.15) is 11.1 Å². The maximum atomic E-state index is 12.3. The number of phenolic OH excluding ortho intramolecular Hbond substituents is 1. The van der Waals surface area contributed by atoms with E-state index in [1.165, 1.54) is 22.5 Å². The standard InChI is InChI=1S/C20H16N2O2S/c23-16-4-3-15-18(14-6-8-25-19(14)20(24)22-15)17(16)12-2-1-11-5-7-21-10-13(11)9-12/h1-4,6,8-9,21,23H,5,7,10H2,(H,22,24). The summed E-state index contributed by atoms with van der Waals surface area (Å²) in [5, 5.41) is 17.7. The lowest BCUT2D eigenvalue weighted by molar-refractivity contribution is 0.478. The molecule has 0 spiro atoms. The molecule has 0 fully saturated rings. The monoisotopic (exact) mass is 348 g/mol. The van der Waals surface area contributed by atoms with Crippen LogP contribution >= 0.6 is 11.3 Å². The van der Waals surface area contributed by atoms with Crippen LogP contribution in [0.15, 0.2) is 46.6 Å². The Labute approximate surface area is 147 Å². The van der Waals surface area contributed by atoms with Gasteiger partial charge in [-0.2, -0.15) is 0 Å². The topological polar surface area (TPSA) is 65.1 Å². The predicted octanol–water partition coefficient (Wildman–Crippen LogP) is 3.76. The number of thiophene rings is 1. The zero-order chi connectivity index (χ0) is 17.0. The van der Waals surface area contributed by atoms with Gasteiger partial charge in [0, 0.05) is 28.4 Å². The number of H-pyrrole nitrogens is 1. The summed E-state index contributed by atoms with van der Waals surface area (Å²) in [6.45, 7) is 1.85. The van der Waals surface area contributed by atoms with Crippen molar-refractivity contribution >= 4 is 32.3 Å². The van der Waals surface area contributed by atoms with Gasteiger partial charge in [0.2, 0.25) is 0 Å². The van der Waals surface area contributed by atoms with Gasteiger partial charge in [0.15, 0.2) is 0 Å². The van der Waals surface area contributed by atoms with E-state index in [-0.39, 0.29) is 11.3 Å². The first-order valence-electron chi connectivity index (χ1n) is 8.30. The number of nitrogens with one attached hydrogen (secondary N) is 2. The molecule has 0 aliphatic carbocycles. The summed E-state index contributed by atoms with van der Waals surface area (Å²) in [5.74, 6) is 0.232. The number of hydrogen-bond acceptors (Lipinski definition) is 4. The molecule has 0 radical (unpaired) electrons. The summed E-state index contributed by atoms with van der Waals surface area (Å²) < 4.78 is 0.693. The number of benzene rings is 2. The van der Waals surface area contributed by atoms with E-state index in [0.717, 1.165) is 46.9 Å². The lowest BCUT2D eigenvalue weighted by Crippen LogP contribution is -2.23. The molecule has 5 heteroatoms. The van der Waals surface area contributed by atoms with Crippen molar-refractivity contribution in [1.82, 2.24) is 10.3 Å². The SMILES string of the molecule is O=c1[nH]c2ccc(O)c(-c3ccc4c(c3)CNCC4)c2c2ccsc12. The van der Waals surface area contributed by atoms with Crippen LogP contribution in [-0.4, -0.2) is 16.6 Å². The van der Waals surface area contributed by atoms with E-state index in [9.17, 15) is 9.90 Å². The van der Waals surface area contributed by atoms with Crippen LogP contribution in [0.3, 0.4) is 0 Å². The van der Waals surface area contributed by atoms with Gasteiger partial charge in [-0.1, -0.05) is 12.1 Å². The summed E-state index contributed by atoms with van der Waals surface area (Å²) in [7, 11) is 0. The Hall–Kier alpha value is -2.63. The van der Waals surface area contributed by atoms with Gasteiger partial charge in [0.1, 0.15) is 10.4 Å². The Morgan fingerprint density at radius 3 is 2.92 bits per heavy atom. The third-order valence-electron chi connectivity index (χ3n) is 4.95. The minimum atomic E-state index is -0.0798. The lowest BCUT2D eigenvalue weighted by Gasteiger charge is -2.19. The normalized spacial score (nSPS) is 14.1. The first-order valence-corrected chi connectivity index (χ1v) is 9.18. The molecule has 124 valence electrons. The molecule has 1 aliphatic heterocycles. The van der Waals surface area contributed by atoms with Crippen molar-refractivity contribution in [3.8, 4) is 16.9 Å².